The van der Waals surface area contributed by atoms with Crippen LogP contribution >= 0.6 is 0 Å². The number of hydrogen-bond acceptors (Lipinski definition) is 5. The lowest BCUT2D eigenvalue weighted by Crippen LogP contribution is -2.11. The first-order valence-electron chi connectivity index (χ1n) is 18.0. The molecule has 11 aromatic rings. The fourth-order valence-corrected chi connectivity index (χ4v) is 7.82. The molecule has 0 saturated heterocycles. The van der Waals surface area contributed by atoms with E-state index in [0.29, 0.717) is 11.5 Å². The van der Waals surface area contributed by atoms with Gasteiger partial charge in [-0.15, -0.1) is 0 Å². The molecular formula is C49H30N2O3. The fourth-order valence-electron chi connectivity index (χ4n) is 7.82. The van der Waals surface area contributed by atoms with Gasteiger partial charge in [0.05, 0.1) is 11.1 Å². The molecule has 0 aliphatic carbocycles. The lowest BCUT2D eigenvalue weighted by atomic mass is 9.94. The summed E-state index contributed by atoms with van der Waals surface area (Å²) in [5, 5.41) is 4.10. The first-order valence-corrected chi connectivity index (χ1v) is 18.0. The van der Waals surface area contributed by atoms with E-state index in [2.05, 4.69) is 114 Å². The molecule has 8 aromatic carbocycles. The Balaban J connectivity index is 1.18. The van der Waals surface area contributed by atoms with Gasteiger partial charge in [0, 0.05) is 45.2 Å². The summed E-state index contributed by atoms with van der Waals surface area (Å²) in [6.45, 7) is 0. The van der Waals surface area contributed by atoms with E-state index >= 15 is 0 Å². The maximum Gasteiger partial charge on any atom is 0.227 e. The van der Waals surface area contributed by atoms with Crippen LogP contribution in [0.1, 0.15) is 0 Å². The number of oxazole rings is 1. The van der Waals surface area contributed by atoms with Crippen molar-refractivity contribution < 1.29 is 13.3 Å². The van der Waals surface area contributed by atoms with Gasteiger partial charge in [0.1, 0.15) is 27.8 Å². The zero-order valence-corrected chi connectivity index (χ0v) is 28.9. The van der Waals surface area contributed by atoms with Gasteiger partial charge < -0.3 is 18.2 Å². The second-order valence-corrected chi connectivity index (χ2v) is 13.5. The molecule has 0 aliphatic heterocycles. The Bertz CT molecular complexity index is 3160. The topological polar surface area (TPSA) is 55.6 Å². The second kappa shape index (κ2) is 12.1. The summed E-state index contributed by atoms with van der Waals surface area (Å²) >= 11 is 0. The molecule has 11 rings (SSSR count). The predicted molar refractivity (Wildman–Crippen MR) is 220 cm³/mol. The fraction of sp³-hybridized carbons (Fsp3) is 0. The average molecular weight is 695 g/mol. The third-order valence-corrected chi connectivity index (χ3v) is 10.3. The van der Waals surface area contributed by atoms with Gasteiger partial charge in [-0.25, -0.2) is 4.98 Å². The summed E-state index contributed by atoms with van der Waals surface area (Å²) in [6, 6.07) is 62.6. The van der Waals surface area contributed by atoms with Crippen LogP contribution in [0.5, 0.6) is 0 Å². The van der Waals surface area contributed by atoms with E-state index < -0.39 is 0 Å². The Hall–Kier alpha value is -7.37. The molecule has 0 radical (unpaired) electrons. The van der Waals surface area contributed by atoms with Crippen molar-refractivity contribution in [2.24, 2.45) is 0 Å². The third-order valence-electron chi connectivity index (χ3n) is 10.3. The Kier molecular flexibility index (Phi) is 6.79. The zero-order chi connectivity index (χ0) is 35.6. The van der Waals surface area contributed by atoms with E-state index in [9.17, 15) is 0 Å². The van der Waals surface area contributed by atoms with E-state index in [-0.39, 0.29) is 0 Å². The van der Waals surface area contributed by atoms with Gasteiger partial charge in [0.15, 0.2) is 5.58 Å². The van der Waals surface area contributed by atoms with Crippen molar-refractivity contribution in [3.8, 4) is 33.7 Å². The zero-order valence-electron chi connectivity index (χ0n) is 28.9. The van der Waals surface area contributed by atoms with E-state index in [0.717, 1.165) is 77.6 Å². The van der Waals surface area contributed by atoms with E-state index in [1.807, 2.05) is 72.8 Å². The quantitative estimate of drug-likeness (QED) is 0.173. The van der Waals surface area contributed by atoms with Crippen LogP contribution in [0.2, 0.25) is 0 Å². The van der Waals surface area contributed by atoms with Crippen LogP contribution in [0.25, 0.3) is 88.7 Å². The van der Waals surface area contributed by atoms with Crippen molar-refractivity contribution >= 4 is 72.0 Å². The normalized spacial score (nSPS) is 11.7. The first-order chi connectivity index (χ1) is 26.8. The number of rotatable bonds is 6. The van der Waals surface area contributed by atoms with Gasteiger partial charge in [-0.05, 0) is 70.8 Å². The van der Waals surface area contributed by atoms with E-state index in [4.69, 9.17) is 18.2 Å². The number of para-hydroxylation sites is 2. The molecule has 3 heterocycles. The van der Waals surface area contributed by atoms with Crippen LogP contribution in [0.3, 0.4) is 0 Å². The molecule has 0 aliphatic rings. The average Bonchev–Trinajstić information content (AvgIpc) is 3.95. The minimum atomic E-state index is 0.546. The van der Waals surface area contributed by atoms with Gasteiger partial charge in [-0.2, -0.15) is 0 Å². The molecule has 0 spiro atoms. The maximum atomic E-state index is 6.55. The number of fused-ring (bicyclic) bond motifs is 7. The van der Waals surface area contributed by atoms with Crippen LogP contribution in [0.4, 0.5) is 17.1 Å². The van der Waals surface area contributed by atoms with Crippen LogP contribution in [-0.4, -0.2) is 4.98 Å². The molecule has 0 amide bonds. The molecule has 0 atom stereocenters. The summed E-state index contributed by atoms with van der Waals surface area (Å²) in [5.74, 6) is 0.546. The van der Waals surface area contributed by atoms with Crippen molar-refractivity contribution in [2.45, 2.75) is 0 Å². The third kappa shape index (κ3) is 4.83. The molecule has 5 heteroatoms. The van der Waals surface area contributed by atoms with Crippen LogP contribution < -0.4 is 4.90 Å². The molecule has 54 heavy (non-hydrogen) atoms. The minimum Gasteiger partial charge on any atom is -0.456 e. The highest BCUT2D eigenvalue weighted by atomic mass is 16.4. The van der Waals surface area contributed by atoms with E-state index in [1.165, 1.54) is 16.7 Å². The highest BCUT2D eigenvalue weighted by molar-refractivity contribution is 6.20. The van der Waals surface area contributed by atoms with Gasteiger partial charge >= 0.3 is 0 Å². The molecule has 0 saturated carbocycles. The predicted octanol–water partition coefficient (Wildman–Crippen LogP) is 14.1. The Morgan fingerprint density at radius 2 is 0.926 bits per heavy atom. The van der Waals surface area contributed by atoms with Crippen LogP contribution in [0, 0.1) is 0 Å². The van der Waals surface area contributed by atoms with Gasteiger partial charge in [0.25, 0.3) is 0 Å². The lowest BCUT2D eigenvalue weighted by molar-refractivity contribution is 0.617. The first kappa shape index (κ1) is 30.3. The molecule has 5 nitrogen and oxygen atoms in total. The molecule has 0 bridgehead atoms. The van der Waals surface area contributed by atoms with Gasteiger partial charge in [0.2, 0.25) is 5.89 Å². The van der Waals surface area contributed by atoms with Crippen molar-refractivity contribution in [3.63, 3.8) is 0 Å². The summed E-state index contributed by atoms with van der Waals surface area (Å²) in [5.41, 5.74) is 12.8. The number of benzene rings is 8. The van der Waals surface area contributed by atoms with Crippen LogP contribution in [-0.2, 0) is 0 Å². The molecule has 0 N–H and O–H groups in total. The van der Waals surface area contributed by atoms with Gasteiger partial charge in [-0.3, -0.25) is 0 Å². The Labute approximate surface area is 309 Å². The standard InChI is InChI=1S/C49H30N2O3/c1-3-13-31(14-4-1)36-17-7-8-18-37(36)32-23-25-34(26-24-32)51(35-27-28-39-38-19-9-11-21-41(38)52-43(39)29-35)48-46-40-20-10-12-22-42(40)53-44(46)30-45-47(48)50-49(54-45)33-15-5-2-6-16-33/h1-30H. The minimum absolute atomic E-state index is 0.546. The maximum absolute atomic E-state index is 6.55. The lowest BCUT2D eigenvalue weighted by Gasteiger charge is -2.26. The smallest absolute Gasteiger partial charge is 0.227 e. The number of aromatic nitrogens is 1. The van der Waals surface area contributed by atoms with Crippen molar-refractivity contribution in [3.05, 3.63) is 182 Å². The SMILES string of the molecule is c1ccc(-c2nc3c(N(c4ccc(-c5ccccc5-c5ccccc5)cc4)c4ccc5c(c4)oc4ccccc45)c4c(cc3o2)oc2ccccc24)cc1. The molecular weight excluding hydrogens is 665 g/mol. The van der Waals surface area contributed by atoms with E-state index in [1.54, 1.807) is 0 Å². The van der Waals surface area contributed by atoms with Crippen molar-refractivity contribution in [1.82, 2.24) is 4.98 Å². The number of hydrogen-bond donors (Lipinski definition) is 0. The summed E-state index contributed by atoms with van der Waals surface area (Å²) in [6.07, 6.45) is 0. The molecule has 3 aromatic heterocycles. The second-order valence-electron chi connectivity index (χ2n) is 13.5. The monoisotopic (exact) mass is 694 g/mol. The van der Waals surface area contributed by atoms with Gasteiger partial charge in [-0.1, -0.05) is 121 Å². The molecule has 254 valence electrons. The summed E-state index contributed by atoms with van der Waals surface area (Å²) in [7, 11) is 0. The van der Waals surface area contributed by atoms with Crippen molar-refractivity contribution in [2.75, 3.05) is 4.90 Å². The summed E-state index contributed by atoms with van der Waals surface area (Å²) in [4.78, 5) is 7.49. The summed E-state index contributed by atoms with van der Waals surface area (Å²) < 4.78 is 19.6. The highest BCUT2D eigenvalue weighted by Gasteiger charge is 2.27. The Morgan fingerprint density at radius 1 is 0.370 bits per heavy atom. The largest absolute Gasteiger partial charge is 0.456 e. The number of nitrogens with zero attached hydrogens (tertiary/aromatic N) is 2. The van der Waals surface area contributed by atoms with Crippen LogP contribution in [0.15, 0.2) is 195 Å². The number of anilines is 3. The Morgan fingerprint density at radius 3 is 1.67 bits per heavy atom. The highest BCUT2D eigenvalue weighted by Crippen LogP contribution is 2.49. The molecule has 0 unspecified atom stereocenters. The number of furan rings is 2. The molecule has 0 fully saturated rings. The van der Waals surface area contributed by atoms with Crippen molar-refractivity contribution in [1.29, 1.82) is 0 Å².